The lowest BCUT2D eigenvalue weighted by molar-refractivity contribution is 0.472. The van der Waals surface area contributed by atoms with E-state index in [0.29, 0.717) is 5.75 Å². The van der Waals surface area contributed by atoms with E-state index in [1.165, 1.54) is 0 Å². The average Bonchev–Trinajstić information content (AvgIpc) is 3.06. The zero-order valence-electron chi connectivity index (χ0n) is 13.4. The molecule has 2 heterocycles. The summed E-state index contributed by atoms with van der Waals surface area (Å²) in [7, 11) is 0. The predicted octanol–water partition coefficient (Wildman–Crippen LogP) is 4.29. The molecule has 1 aliphatic rings. The van der Waals surface area contributed by atoms with E-state index in [9.17, 15) is 5.11 Å². The molecule has 0 atom stereocenters. The van der Waals surface area contributed by atoms with Crippen LogP contribution in [0.15, 0.2) is 36.4 Å². The maximum Gasteiger partial charge on any atom is 0.186 e. The van der Waals surface area contributed by atoms with Crippen LogP contribution in [0, 0.1) is 6.92 Å². The van der Waals surface area contributed by atoms with E-state index >= 15 is 0 Å². The Kier molecular flexibility index (Phi) is 3.98. The standard InChI is InChI=1S/C18H18ClN3OS/c1-12-6-7-13(19)17-16(12)20-18(24-17)22-10-8-21(9-11-22)14-4-2-3-5-15(14)23/h2-7,23H,8-11H2,1H3. The van der Waals surface area contributed by atoms with Crippen LogP contribution in [0.5, 0.6) is 5.75 Å². The first kappa shape index (κ1) is 15.5. The number of halogens is 1. The second-order valence-corrected chi connectivity index (χ2v) is 7.39. The van der Waals surface area contributed by atoms with Crippen LogP contribution in [0.25, 0.3) is 10.2 Å². The van der Waals surface area contributed by atoms with Gasteiger partial charge in [-0.1, -0.05) is 41.1 Å². The molecule has 1 fully saturated rings. The summed E-state index contributed by atoms with van der Waals surface area (Å²) in [4.78, 5) is 9.33. The minimum atomic E-state index is 0.341. The summed E-state index contributed by atoms with van der Waals surface area (Å²) in [5, 5.41) is 11.8. The molecule has 1 aromatic heterocycles. The van der Waals surface area contributed by atoms with Crippen molar-refractivity contribution >= 4 is 44.0 Å². The highest BCUT2D eigenvalue weighted by Crippen LogP contribution is 2.36. The van der Waals surface area contributed by atoms with Crippen LogP contribution in [-0.2, 0) is 0 Å². The van der Waals surface area contributed by atoms with Gasteiger partial charge in [-0.15, -0.1) is 0 Å². The largest absolute Gasteiger partial charge is 0.506 e. The van der Waals surface area contributed by atoms with Crippen molar-refractivity contribution in [2.75, 3.05) is 36.0 Å². The molecule has 4 rings (SSSR count). The van der Waals surface area contributed by atoms with Crippen LogP contribution in [-0.4, -0.2) is 36.3 Å². The summed E-state index contributed by atoms with van der Waals surface area (Å²) in [6.07, 6.45) is 0. The molecule has 2 aromatic carbocycles. The fourth-order valence-corrected chi connectivity index (χ4v) is 4.46. The van der Waals surface area contributed by atoms with Gasteiger partial charge < -0.3 is 14.9 Å². The Labute approximate surface area is 149 Å². The van der Waals surface area contributed by atoms with E-state index in [1.54, 1.807) is 17.4 Å². The molecule has 1 saturated heterocycles. The van der Waals surface area contributed by atoms with Crippen molar-refractivity contribution in [1.82, 2.24) is 4.98 Å². The third-order valence-corrected chi connectivity index (χ3v) is 6.04. The molecule has 124 valence electrons. The Morgan fingerprint density at radius 3 is 2.46 bits per heavy atom. The topological polar surface area (TPSA) is 39.6 Å². The quantitative estimate of drug-likeness (QED) is 0.740. The molecule has 1 aliphatic heterocycles. The Bertz CT molecular complexity index is 848. The summed E-state index contributed by atoms with van der Waals surface area (Å²) in [5.41, 5.74) is 3.07. The van der Waals surface area contributed by atoms with E-state index in [1.807, 2.05) is 30.3 Å². The number of hydrogen-bond donors (Lipinski definition) is 1. The first-order valence-electron chi connectivity index (χ1n) is 7.97. The number of hydrogen-bond acceptors (Lipinski definition) is 5. The first-order valence-corrected chi connectivity index (χ1v) is 9.16. The van der Waals surface area contributed by atoms with Gasteiger partial charge in [0.1, 0.15) is 5.75 Å². The Morgan fingerprint density at radius 1 is 1.04 bits per heavy atom. The number of fused-ring (bicyclic) bond motifs is 1. The highest BCUT2D eigenvalue weighted by atomic mass is 35.5. The molecule has 0 unspecified atom stereocenters. The van der Waals surface area contributed by atoms with Gasteiger partial charge in [0.15, 0.2) is 5.13 Å². The van der Waals surface area contributed by atoms with Gasteiger partial charge in [-0.3, -0.25) is 0 Å². The van der Waals surface area contributed by atoms with Gasteiger partial charge >= 0.3 is 0 Å². The third kappa shape index (κ3) is 2.68. The van der Waals surface area contributed by atoms with Crippen LogP contribution < -0.4 is 9.80 Å². The van der Waals surface area contributed by atoms with E-state index < -0.39 is 0 Å². The number of piperazine rings is 1. The van der Waals surface area contributed by atoms with Crippen LogP contribution in [0.1, 0.15) is 5.56 Å². The number of rotatable bonds is 2. The molecule has 0 amide bonds. The summed E-state index contributed by atoms with van der Waals surface area (Å²) < 4.78 is 1.06. The van der Waals surface area contributed by atoms with Crippen LogP contribution in [0.2, 0.25) is 5.02 Å². The second kappa shape index (κ2) is 6.15. The van der Waals surface area contributed by atoms with E-state index in [-0.39, 0.29) is 0 Å². The Balaban J connectivity index is 1.55. The lowest BCUT2D eigenvalue weighted by atomic mass is 10.2. The number of phenolic OH excluding ortho intramolecular Hbond substituents is 1. The number of anilines is 2. The molecular weight excluding hydrogens is 342 g/mol. The lowest BCUT2D eigenvalue weighted by Gasteiger charge is -2.36. The Morgan fingerprint density at radius 2 is 1.75 bits per heavy atom. The zero-order chi connectivity index (χ0) is 16.7. The Hall–Kier alpha value is -1.98. The molecule has 0 spiro atoms. The van der Waals surface area contributed by atoms with Crippen molar-refractivity contribution in [3.63, 3.8) is 0 Å². The number of thiazole rings is 1. The maximum atomic E-state index is 10.0. The summed E-state index contributed by atoms with van der Waals surface area (Å²) in [6.45, 7) is 5.55. The van der Waals surface area contributed by atoms with Gasteiger partial charge in [0.05, 0.1) is 20.9 Å². The van der Waals surface area contributed by atoms with Crippen molar-refractivity contribution in [2.45, 2.75) is 6.92 Å². The van der Waals surface area contributed by atoms with Crippen LogP contribution >= 0.6 is 22.9 Å². The summed E-state index contributed by atoms with van der Waals surface area (Å²) >= 11 is 7.98. The second-order valence-electron chi connectivity index (χ2n) is 6.00. The number of aromatic hydroxyl groups is 1. The SMILES string of the molecule is Cc1ccc(Cl)c2sc(N3CCN(c4ccccc4O)CC3)nc12. The van der Waals surface area contributed by atoms with Crippen molar-refractivity contribution in [2.24, 2.45) is 0 Å². The van der Waals surface area contributed by atoms with Crippen LogP contribution in [0.3, 0.4) is 0 Å². The predicted molar refractivity (Wildman–Crippen MR) is 102 cm³/mol. The molecular formula is C18H18ClN3OS. The number of aromatic nitrogens is 1. The molecule has 0 aliphatic carbocycles. The molecule has 6 heteroatoms. The number of benzene rings is 2. The summed E-state index contributed by atoms with van der Waals surface area (Å²) in [5.74, 6) is 0.341. The zero-order valence-corrected chi connectivity index (χ0v) is 14.9. The third-order valence-electron chi connectivity index (χ3n) is 4.46. The number of nitrogens with zero attached hydrogens (tertiary/aromatic N) is 3. The number of phenols is 1. The molecule has 3 aromatic rings. The lowest BCUT2D eigenvalue weighted by Crippen LogP contribution is -2.46. The molecule has 0 saturated carbocycles. The minimum Gasteiger partial charge on any atom is -0.506 e. The van der Waals surface area contributed by atoms with Gasteiger partial charge in [-0.05, 0) is 30.7 Å². The van der Waals surface area contributed by atoms with Gasteiger partial charge in [0, 0.05) is 26.2 Å². The van der Waals surface area contributed by atoms with Gasteiger partial charge in [-0.2, -0.15) is 0 Å². The first-order chi connectivity index (χ1) is 11.6. The number of para-hydroxylation sites is 2. The minimum absolute atomic E-state index is 0.341. The van der Waals surface area contributed by atoms with E-state index in [0.717, 1.165) is 57.8 Å². The number of aryl methyl sites for hydroxylation is 1. The van der Waals surface area contributed by atoms with E-state index in [2.05, 4.69) is 16.7 Å². The van der Waals surface area contributed by atoms with Crippen LogP contribution in [0.4, 0.5) is 10.8 Å². The van der Waals surface area contributed by atoms with Gasteiger partial charge in [0.25, 0.3) is 0 Å². The molecule has 1 N–H and O–H groups in total. The molecule has 24 heavy (non-hydrogen) atoms. The fraction of sp³-hybridized carbons (Fsp3) is 0.278. The van der Waals surface area contributed by atoms with Crippen molar-refractivity contribution < 1.29 is 5.11 Å². The van der Waals surface area contributed by atoms with Crippen molar-refractivity contribution in [3.8, 4) is 5.75 Å². The monoisotopic (exact) mass is 359 g/mol. The summed E-state index contributed by atoms with van der Waals surface area (Å²) in [6, 6.07) is 11.5. The smallest absolute Gasteiger partial charge is 0.186 e. The van der Waals surface area contributed by atoms with E-state index in [4.69, 9.17) is 16.6 Å². The molecule has 4 nitrogen and oxygen atoms in total. The highest BCUT2D eigenvalue weighted by Gasteiger charge is 2.22. The average molecular weight is 360 g/mol. The normalized spacial score (nSPS) is 15.2. The molecule has 0 radical (unpaired) electrons. The fourth-order valence-electron chi connectivity index (χ4n) is 3.10. The maximum absolute atomic E-state index is 10.0. The van der Waals surface area contributed by atoms with Gasteiger partial charge in [0.2, 0.25) is 0 Å². The van der Waals surface area contributed by atoms with Crippen molar-refractivity contribution in [3.05, 3.63) is 47.0 Å². The van der Waals surface area contributed by atoms with Crippen molar-refractivity contribution in [1.29, 1.82) is 0 Å². The van der Waals surface area contributed by atoms with Gasteiger partial charge in [-0.25, -0.2) is 4.98 Å². The highest BCUT2D eigenvalue weighted by molar-refractivity contribution is 7.22. The molecule has 0 bridgehead atoms.